The van der Waals surface area contributed by atoms with Crippen LogP contribution in [0.1, 0.15) is 16.1 Å². The predicted molar refractivity (Wildman–Crippen MR) is 107 cm³/mol. The van der Waals surface area contributed by atoms with Crippen LogP contribution in [0, 0.1) is 6.92 Å². The lowest BCUT2D eigenvalue weighted by atomic mass is 10.1. The molecule has 0 saturated carbocycles. The van der Waals surface area contributed by atoms with Gasteiger partial charge in [0, 0.05) is 29.1 Å². The van der Waals surface area contributed by atoms with Gasteiger partial charge in [-0.1, -0.05) is 35.5 Å². The Morgan fingerprint density at radius 1 is 0.933 bits per heavy atom. The lowest BCUT2D eigenvalue weighted by Gasteiger charge is -2.02. The Bertz CT molecular complexity index is 1300. The second kappa shape index (κ2) is 7.25. The highest BCUT2D eigenvalue weighted by Crippen LogP contribution is 2.34. The Hall–Kier alpha value is -4.33. The molecule has 0 unspecified atom stereocenters. The van der Waals surface area contributed by atoms with Gasteiger partial charge in [0.2, 0.25) is 5.89 Å². The molecule has 5 rings (SSSR count). The number of imidazole rings is 1. The molecule has 0 aliphatic carbocycles. The van der Waals surface area contributed by atoms with Crippen LogP contribution in [0.15, 0.2) is 82.3 Å². The van der Waals surface area contributed by atoms with Gasteiger partial charge in [0.05, 0.1) is 0 Å². The van der Waals surface area contributed by atoms with Gasteiger partial charge in [-0.25, -0.2) is 4.98 Å². The summed E-state index contributed by atoms with van der Waals surface area (Å²) in [7, 11) is 0. The third kappa shape index (κ3) is 3.10. The van der Waals surface area contributed by atoms with E-state index in [4.69, 9.17) is 8.94 Å². The van der Waals surface area contributed by atoms with Gasteiger partial charge in [-0.2, -0.15) is 0 Å². The fourth-order valence-electron chi connectivity index (χ4n) is 3.14. The number of aromatic nitrogens is 5. The molecule has 0 radical (unpaired) electrons. The number of carbonyl (C=O) groups is 1. The van der Waals surface area contributed by atoms with Crippen molar-refractivity contribution in [2.75, 3.05) is 0 Å². The summed E-state index contributed by atoms with van der Waals surface area (Å²) in [4.78, 5) is 16.3. The van der Waals surface area contributed by atoms with Gasteiger partial charge in [-0.3, -0.25) is 9.36 Å². The Kier molecular flexibility index (Phi) is 4.29. The van der Waals surface area contributed by atoms with Crippen LogP contribution in [-0.4, -0.2) is 30.8 Å². The van der Waals surface area contributed by atoms with Crippen molar-refractivity contribution in [1.29, 1.82) is 0 Å². The van der Waals surface area contributed by atoms with Crippen molar-refractivity contribution in [1.82, 2.24) is 24.9 Å². The number of carbonyl (C=O) groups excluding carboxylic acids is 1. The first-order valence-electron chi connectivity index (χ1n) is 9.19. The molecule has 3 aromatic heterocycles. The molecule has 146 valence electrons. The predicted octanol–water partition coefficient (Wildman–Crippen LogP) is 4.25. The number of rotatable bonds is 4. The molecule has 0 aliphatic rings. The molecular weight excluding hydrogens is 382 g/mol. The Morgan fingerprint density at radius 2 is 1.70 bits per heavy atom. The molecule has 30 heavy (non-hydrogen) atoms. The van der Waals surface area contributed by atoms with Gasteiger partial charge in [0.1, 0.15) is 23.3 Å². The van der Waals surface area contributed by atoms with Crippen molar-refractivity contribution in [3.63, 3.8) is 0 Å². The van der Waals surface area contributed by atoms with Gasteiger partial charge in [0.15, 0.2) is 0 Å². The van der Waals surface area contributed by atoms with Gasteiger partial charge in [0.25, 0.3) is 11.8 Å². The van der Waals surface area contributed by atoms with Crippen molar-refractivity contribution in [2.24, 2.45) is 0 Å². The van der Waals surface area contributed by atoms with E-state index in [1.54, 1.807) is 43.6 Å². The first kappa shape index (κ1) is 17.7. The van der Waals surface area contributed by atoms with Gasteiger partial charge >= 0.3 is 0 Å². The molecule has 8 heteroatoms. The molecule has 0 spiro atoms. The fraction of sp³-hybridized carbons (Fsp3) is 0.0455. The number of hydrogen-bond donors (Lipinski definition) is 0. The van der Waals surface area contributed by atoms with Crippen LogP contribution in [0.25, 0.3) is 34.2 Å². The molecule has 0 N–H and O–H groups in total. The monoisotopic (exact) mass is 397 g/mol. The molecule has 3 heterocycles. The van der Waals surface area contributed by atoms with E-state index >= 15 is 0 Å². The molecule has 8 nitrogen and oxygen atoms in total. The highest BCUT2D eigenvalue weighted by Gasteiger charge is 2.22. The third-order valence-electron chi connectivity index (χ3n) is 4.67. The van der Waals surface area contributed by atoms with Gasteiger partial charge in [-0.15, -0.1) is 10.2 Å². The summed E-state index contributed by atoms with van der Waals surface area (Å²) in [6.07, 6.45) is 4.63. The van der Waals surface area contributed by atoms with E-state index in [1.165, 1.54) is 10.9 Å². The second-order valence-corrected chi connectivity index (χ2v) is 6.59. The zero-order valence-corrected chi connectivity index (χ0v) is 15.9. The molecular formula is C22H15N5O3. The summed E-state index contributed by atoms with van der Waals surface area (Å²) >= 11 is 0. The number of aryl methyl sites for hydroxylation is 1. The minimum absolute atomic E-state index is 0.169. The number of hydrogen-bond acceptors (Lipinski definition) is 7. The highest BCUT2D eigenvalue weighted by atomic mass is 16.5. The normalized spacial score (nSPS) is 11.0. The Labute approximate surface area is 170 Å². The van der Waals surface area contributed by atoms with E-state index in [-0.39, 0.29) is 5.91 Å². The largest absolute Gasteiger partial charge is 0.416 e. The lowest BCUT2D eigenvalue weighted by Crippen LogP contribution is -2.09. The number of benzene rings is 2. The summed E-state index contributed by atoms with van der Waals surface area (Å²) in [5.41, 5.74) is 3.42. The van der Waals surface area contributed by atoms with Crippen LogP contribution in [0.4, 0.5) is 0 Å². The standard InChI is InChI=1S/C22H15N5O3/c1-14-18(19(26-30-14)15-5-3-2-4-6-15)21-25-24-20(29-21)16-7-9-17(10-8-16)22(28)27-12-11-23-13-27/h2-13H,1H3. The van der Waals surface area contributed by atoms with Gasteiger partial charge < -0.3 is 8.94 Å². The first-order valence-corrected chi connectivity index (χ1v) is 9.19. The van der Waals surface area contributed by atoms with E-state index in [0.29, 0.717) is 39.9 Å². The summed E-state index contributed by atoms with van der Waals surface area (Å²) in [5.74, 6) is 1.08. The molecule has 0 aliphatic heterocycles. The minimum atomic E-state index is -0.169. The summed E-state index contributed by atoms with van der Waals surface area (Å²) in [6, 6.07) is 16.6. The fourth-order valence-corrected chi connectivity index (χ4v) is 3.14. The van der Waals surface area contributed by atoms with Crippen LogP contribution >= 0.6 is 0 Å². The van der Waals surface area contributed by atoms with E-state index in [0.717, 1.165) is 5.56 Å². The second-order valence-electron chi connectivity index (χ2n) is 6.59. The highest BCUT2D eigenvalue weighted by molar-refractivity contribution is 5.96. The van der Waals surface area contributed by atoms with Crippen molar-refractivity contribution < 1.29 is 13.7 Å². The van der Waals surface area contributed by atoms with Crippen LogP contribution in [0.5, 0.6) is 0 Å². The van der Waals surface area contributed by atoms with Crippen molar-refractivity contribution in [3.8, 4) is 34.2 Å². The topological polar surface area (TPSA) is 99.8 Å². The maximum atomic E-state index is 12.4. The van der Waals surface area contributed by atoms with Crippen LogP contribution in [0.3, 0.4) is 0 Å². The Morgan fingerprint density at radius 3 is 2.43 bits per heavy atom. The third-order valence-corrected chi connectivity index (χ3v) is 4.67. The van der Waals surface area contributed by atoms with Crippen LogP contribution in [0.2, 0.25) is 0 Å². The maximum absolute atomic E-state index is 12.4. The summed E-state index contributed by atoms with van der Waals surface area (Å²) in [5, 5.41) is 12.5. The summed E-state index contributed by atoms with van der Waals surface area (Å²) < 4.78 is 12.7. The minimum Gasteiger partial charge on any atom is -0.416 e. The van der Waals surface area contributed by atoms with Crippen LogP contribution in [-0.2, 0) is 0 Å². The van der Waals surface area contributed by atoms with Gasteiger partial charge in [-0.05, 0) is 31.2 Å². The molecule has 0 bridgehead atoms. The molecule has 5 aromatic rings. The maximum Gasteiger partial charge on any atom is 0.263 e. The SMILES string of the molecule is Cc1onc(-c2ccccc2)c1-c1nnc(-c2ccc(C(=O)n3ccnc3)cc2)o1. The smallest absolute Gasteiger partial charge is 0.263 e. The molecule has 0 amide bonds. The average Bonchev–Trinajstić information content (AvgIpc) is 3.55. The first-order chi connectivity index (χ1) is 14.7. The average molecular weight is 397 g/mol. The van der Waals surface area contributed by atoms with E-state index in [9.17, 15) is 4.79 Å². The lowest BCUT2D eigenvalue weighted by molar-refractivity contribution is 0.0960. The summed E-state index contributed by atoms with van der Waals surface area (Å²) in [6.45, 7) is 1.80. The number of nitrogens with zero attached hydrogens (tertiary/aromatic N) is 5. The van der Waals surface area contributed by atoms with E-state index in [1.807, 2.05) is 30.3 Å². The van der Waals surface area contributed by atoms with E-state index < -0.39 is 0 Å². The quantitative estimate of drug-likeness (QED) is 0.447. The molecule has 0 atom stereocenters. The zero-order valence-electron chi connectivity index (χ0n) is 15.9. The zero-order chi connectivity index (χ0) is 20.5. The van der Waals surface area contributed by atoms with E-state index in [2.05, 4.69) is 20.3 Å². The van der Waals surface area contributed by atoms with Crippen molar-refractivity contribution >= 4 is 5.91 Å². The molecule has 0 saturated heterocycles. The van der Waals surface area contributed by atoms with Crippen molar-refractivity contribution in [2.45, 2.75) is 6.92 Å². The molecule has 2 aromatic carbocycles. The van der Waals surface area contributed by atoms with Crippen molar-refractivity contribution in [3.05, 3.63) is 84.6 Å². The van der Waals surface area contributed by atoms with Crippen LogP contribution < -0.4 is 0 Å². The Balaban J connectivity index is 1.46. The molecule has 0 fully saturated rings.